The summed E-state index contributed by atoms with van der Waals surface area (Å²) in [5.41, 5.74) is 2.56. The van der Waals surface area contributed by atoms with E-state index in [-0.39, 0.29) is 0 Å². The number of nitrogens with zero attached hydrogens (tertiary/aromatic N) is 2. The molecule has 0 fully saturated rings. The average molecular weight is 225 g/mol. The van der Waals surface area contributed by atoms with Crippen molar-refractivity contribution in [2.75, 3.05) is 41.3 Å². The molecule has 1 N–H and O–H groups in total. The van der Waals surface area contributed by atoms with Gasteiger partial charge in [-0.1, -0.05) is 6.92 Å². The van der Waals surface area contributed by atoms with E-state index < -0.39 is 0 Å². The molecule has 3 heteroatoms. The van der Waals surface area contributed by atoms with Gasteiger partial charge in [0.15, 0.2) is 0 Å². The van der Waals surface area contributed by atoms with E-state index in [4.69, 9.17) is 0 Å². The van der Waals surface area contributed by atoms with Gasteiger partial charge in [0.2, 0.25) is 0 Å². The van der Waals surface area contributed by atoms with Crippen LogP contribution in [-0.4, -0.2) is 51.1 Å². The van der Waals surface area contributed by atoms with Crippen molar-refractivity contribution in [1.82, 2.24) is 15.1 Å². The molecule has 3 nitrogen and oxygen atoms in total. The Morgan fingerprint density at radius 2 is 1.75 bits per heavy atom. The van der Waals surface area contributed by atoms with Gasteiger partial charge in [0.1, 0.15) is 0 Å². The lowest BCUT2D eigenvalue weighted by atomic mass is 10.3. The van der Waals surface area contributed by atoms with Crippen LogP contribution in [0.5, 0.6) is 0 Å². The summed E-state index contributed by atoms with van der Waals surface area (Å²) in [6.45, 7) is 6.44. The normalized spacial score (nSPS) is 13.2. The van der Waals surface area contributed by atoms with Crippen LogP contribution in [-0.2, 0) is 0 Å². The lowest BCUT2D eigenvalue weighted by Gasteiger charge is -2.21. The van der Waals surface area contributed by atoms with Gasteiger partial charge >= 0.3 is 0 Å². The van der Waals surface area contributed by atoms with Gasteiger partial charge in [-0.05, 0) is 39.6 Å². The number of allylic oxidation sites excluding steroid dienone is 4. The van der Waals surface area contributed by atoms with Crippen LogP contribution in [0.3, 0.4) is 0 Å². The standard InChI is InChI=1S/C13H27N3/c1-7-13(14-3)9-8-12(2)16(6)11-10-15(4)5/h8-9,14H,7,10-11H2,1-6H3/b12-8+,13-9+. The molecular formula is C13H27N3. The van der Waals surface area contributed by atoms with Gasteiger partial charge in [0.25, 0.3) is 0 Å². The third-order valence-electron chi connectivity index (χ3n) is 2.71. The number of likely N-dealkylation sites (N-methyl/N-ethyl adjacent to an activating group) is 2. The third-order valence-corrected chi connectivity index (χ3v) is 2.71. The first-order valence-corrected chi connectivity index (χ1v) is 5.92. The fourth-order valence-corrected chi connectivity index (χ4v) is 1.25. The van der Waals surface area contributed by atoms with E-state index in [1.807, 2.05) is 7.05 Å². The minimum atomic E-state index is 1.04. The van der Waals surface area contributed by atoms with Crippen LogP contribution in [0.2, 0.25) is 0 Å². The minimum Gasteiger partial charge on any atom is -0.391 e. The summed E-state index contributed by atoms with van der Waals surface area (Å²) in [5.74, 6) is 0. The second-order valence-corrected chi connectivity index (χ2v) is 4.33. The molecule has 0 amide bonds. The highest BCUT2D eigenvalue weighted by Gasteiger charge is 1.98. The maximum atomic E-state index is 3.19. The van der Waals surface area contributed by atoms with Crippen LogP contribution in [0, 0.1) is 0 Å². The molecule has 0 unspecified atom stereocenters. The Labute approximate surface area is 101 Å². The fraction of sp³-hybridized carbons (Fsp3) is 0.692. The number of hydrogen-bond acceptors (Lipinski definition) is 3. The van der Waals surface area contributed by atoms with E-state index in [0.29, 0.717) is 0 Å². The molecule has 0 aliphatic carbocycles. The lowest BCUT2D eigenvalue weighted by Crippen LogP contribution is -2.27. The molecule has 0 saturated heterocycles. The summed E-state index contributed by atoms with van der Waals surface area (Å²) in [5, 5.41) is 3.19. The van der Waals surface area contributed by atoms with Crippen molar-refractivity contribution in [3.8, 4) is 0 Å². The monoisotopic (exact) mass is 225 g/mol. The summed E-state index contributed by atoms with van der Waals surface area (Å²) in [7, 11) is 8.30. The molecule has 0 heterocycles. The van der Waals surface area contributed by atoms with Gasteiger partial charge in [0.05, 0.1) is 0 Å². The predicted molar refractivity (Wildman–Crippen MR) is 72.4 cm³/mol. The van der Waals surface area contributed by atoms with Crippen molar-refractivity contribution in [2.45, 2.75) is 20.3 Å². The van der Waals surface area contributed by atoms with Gasteiger partial charge < -0.3 is 15.1 Å². The molecule has 0 rings (SSSR count). The highest BCUT2D eigenvalue weighted by Crippen LogP contribution is 2.02. The maximum absolute atomic E-state index is 3.19. The summed E-state index contributed by atoms with van der Waals surface area (Å²) in [6, 6.07) is 0. The zero-order valence-corrected chi connectivity index (χ0v) is 11.7. The number of nitrogens with one attached hydrogen (secondary N) is 1. The van der Waals surface area contributed by atoms with Crippen molar-refractivity contribution in [1.29, 1.82) is 0 Å². The molecule has 0 aromatic carbocycles. The van der Waals surface area contributed by atoms with E-state index in [1.165, 1.54) is 11.4 Å². The molecule has 0 aromatic heterocycles. The van der Waals surface area contributed by atoms with Crippen molar-refractivity contribution >= 4 is 0 Å². The van der Waals surface area contributed by atoms with Crippen LogP contribution >= 0.6 is 0 Å². The average Bonchev–Trinajstić information content (AvgIpc) is 2.26. The fourth-order valence-electron chi connectivity index (χ4n) is 1.25. The second kappa shape index (κ2) is 8.22. The summed E-state index contributed by atoms with van der Waals surface area (Å²) in [6.07, 6.45) is 5.37. The van der Waals surface area contributed by atoms with Crippen molar-refractivity contribution < 1.29 is 0 Å². The lowest BCUT2D eigenvalue weighted by molar-refractivity contribution is 0.326. The first-order chi connectivity index (χ1) is 7.51. The first kappa shape index (κ1) is 15.0. The molecule has 0 aromatic rings. The SMILES string of the molecule is CC/C(=C\C=C(/C)N(C)CCN(C)C)NC. The third kappa shape index (κ3) is 6.51. The van der Waals surface area contributed by atoms with Gasteiger partial charge in [-0.3, -0.25) is 0 Å². The molecule has 0 bridgehead atoms. The summed E-state index contributed by atoms with van der Waals surface area (Å²) >= 11 is 0. The van der Waals surface area contributed by atoms with Crippen LogP contribution in [0.1, 0.15) is 20.3 Å². The molecule has 0 aliphatic heterocycles. The minimum absolute atomic E-state index is 1.04. The Balaban J connectivity index is 4.25. The molecule has 94 valence electrons. The predicted octanol–water partition coefficient (Wildman–Crippen LogP) is 1.90. The molecule has 0 saturated carbocycles. The van der Waals surface area contributed by atoms with E-state index in [0.717, 1.165) is 19.5 Å². The molecule has 0 radical (unpaired) electrons. The number of hydrogen-bond donors (Lipinski definition) is 1. The van der Waals surface area contributed by atoms with Crippen molar-refractivity contribution in [3.05, 3.63) is 23.5 Å². The van der Waals surface area contributed by atoms with Crippen LogP contribution in [0.4, 0.5) is 0 Å². The second-order valence-electron chi connectivity index (χ2n) is 4.33. The topological polar surface area (TPSA) is 18.5 Å². The maximum Gasteiger partial charge on any atom is 0.0299 e. The van der Waals surface area contributed by atoms with E-state index in [2.05, 4.69) is 62.3 Å². The van der Waals surface area contributed by atoms with Gasteiger partial charge in [0, 0.05) is 38.6 Å². The van der Waals surface area contributed by atoms with Crippen LogP contribution in [0.25, 0.3) is 0 Å². The summed E-state index contributed by atoms with van der Waals surface area (Å²) in [4.78, 5) is 4.48. The van der Waals surface area contributed by atoms with Gasteiger partial charge in [-0.25, -0.2) is 0 Å². The Hall–Kier alpha value is -0.960. The zero-order valence-electron chi connectivity index (χ0n) is 11.7. The zero-order chi connectivity index (χ0) is 12.6. The first-order valence-electron chi connectivity index (χ1n) is 5.92. The van der Waals surface area contributed by atoms with E-state index in [1.54, 1.807) is 0 Å². The quantitative estimate of drug-likeness (QED) is 0.668. The Bertz CT molecular complexity index is 236. The van der Waals surface area contributed by atoms with Gasteiger partial charge in [-0.15, -0.1) is 0 Å². The van der Waals surface area contributed by atoms with E-state index in [9.17, 15) is 0 Å². The largest absolute Gasteiger partial charge is 0.391 e. The number of rotatable bonds is 7. The highest BCUT2D eigenvalue weighted by molar-refractivity contribution is 5.14. The molecule has 0 spiro atoms. The Morgan fingerprint density at radius 1 is 1.12 bits per heavy atom. The smallest absolute Gasteiger partial charge is 0.0299 e. The molecular weight excluding hydrogens is 198 g/mol. The van der Waals surface area contributed by atoms with E-state index >= 15 is 0 Å². The van der Waals surface area contributed by atoms with Crippen LogP contribution in [0.15, 0.2) is 23.5 Å². The molecule has 16 heavy (non-hydrogen) atoms. The molecule has 0 aliphatic rings. The van der Waals surface area contributed by atoms with Crippen LogP contribution < -0.4 is 5.32 Å². The van der Waals surface area contributed by atoms with Gasteiger partial charge in [-0.2, -0.15) is 0 Å². The Morgan fingerprint density at radius 3 is 2.19 bits per heavy atom. The highest BCUT2D eigenvalue weighted by atomic mass is 15.2. The summed E-state index contributed by atoms with van der Waals surface area (Å²) < 4.78 is 0. The van der Waals surface area contributed by atoms with Crippen molar-refractivity contribution in [3.63, 3.8) is 0 Å². The molecule has 0 atom stereocenters. The Kier molecular flexibility index (Phi) is 7.73. The van der Waals surface area contributed by atoms with Crippen molar-refractivity contribution in [2.24, 2.45) is 0 Å².